The fraction of sp³-hybridized carbons (Fsp3) is 0.857. The average molecular weight is 333 g/mol. The van der Waals surface area contributed by atoms with Crippen LogP contribution < -0.4 is 5.32 Å². The van der Waals surface area contributed by atoms with Crippen LogP contribution >= 0.6 is 15.9 Å². The summed E-state index contributed by atoms with van der Waals surface area (Å²) in [5.41, 5.74) is 0. The summed E-state index contributed by atoms with van der Waals surface area (Å²) in [4.78, 5) is 25.5. The van der Waals surface area contributed by atoms with Gasteiger partial charge in [-0.3, -0.25) is 9.59 Å². The van der Waals surface area contributed by atoms with Crippen molar-refractivity contribution in [2.24, 2.45) is 5.92 Å². The molecule has 1 heterocycles. The Balaban J connectivity index is 2.36. The molecule has 0 aromatic rings. The first-order valence-electron chi connectivity index (χ1n) is 7.18. The third kappa shape index (κ3) is 5.13. The lowest BCUT2D eigenvalue weighted by molar-refractivity contribution is -0.132. The number of amides is 2. The average Bonchev–Trinajstić information content (AvgIpc) is 2.38. The van der Waals surface area contributed by atoms with Crippen molar-refractivity contribution in [2.45, 2.75) is 57.3 Å². The molecule has 0 spiro atoms. The molecule has 0 aromatic carbocycles. The van der Waals surface area contributed by atoms with Crippen molar-refractivity contribution in [3.63, 3.8) is 0 Å². The minimum atomic E-state index is -0.0984. The molecule has 1 aliphatic heterocycles. The number of piperidine rings is 1. The largest absolute Gasteiger partial charge is 0.353 e. The fourth-order valence-electron chi connectivity index (χ4n) is 2.23. The molecule has 4 nitrogen and oxygen atoms in total. The van der Waals surface area contributed by atoms with E-state index >= 15 is 0 Å². The van der Waals surface area contributed by atoms with Crippen molar-refractivity contribution >= 4 is 27.7 Å². The van der Waals surface area contributed by atoms with Crippen molar-refractivity contribution in [1.29, 1.82) is 0 Å². The summed E-state index contributed by atoms with van der Waals surface area (Å²) in [5.74, 6) is 0.607. The number of hydrogen-bond acceptors (Lipinski definition) is 2. The Bertz CT molecular complexity index is 313. The molecular weight excluding hydrogens is 308 g/mol. The SMILES string of the molecule is CCCC(=O)NC1CCN(C(=O)C(Br)C(C)C)CC1. The molecule has 1 unspecified atom stereocenters. The van der Waals surface area contributed by atoms with Crippen LogP contribution in [-0.2, 0) is 9.59 Å². The topological polar surface area (TPSA) is 49.4 Å². The predicted molar refractivity (Wildman–Crippen MR) is 80.2 cm³/mol. The monoisotopic (exact) mass is 332 g/mol. The maximum Gasteiger partial charge on any atom is 0.236 e. The zero-order chi connectivity index (χ0) is 14.4. The highest BCUT2D eigenvalue weighted by atomic mass is 79.9. The first kappa shape index (κ1) is 16.5. The van der Waals surface area contributed by atoms with E-state index in [1.807, 2.05) is 25.7 Å². The molecule has 110 valence electrons. The van der Waals surface area contributed by atoms with E-state index in [0.29, 0.717) is 12.3 Å². The second kappa shape index (κ2) is 7.88. The third-order valence-electron chi connectivity index (χ3n) is 3.47. The van der Waals surface area contributed by atoms with Gasteiger partial charge in [0, 0.05) is 25.6 Å². The lowest BCUT2D eigenvalue weighted by atomic mass is 10.0. The third-order valence-corrected chi connectivity index (χ3v) is 4.92. The molecule has 0 aliphatic carbocycles. The van der Waals surface area contributed by atoms with E-state index in [1.54, 1.807) is 0 Å². The van der Waals surface area contributed by atoms with Gasteiger partial charge in [-0.1, -0.05) is 36.7 Å². The number of carbonyl (C=O) groups is 2. The highest BCUT2D eigenvalue weighted by molar-refractivity contribution is 9.10. The van der Waals surface area contributed by atoms with E-state index in [2.05, 4.69) is 21.2 Å². The smallest absolute Gasteiger partial charge is 0.236 e. The van der Waals surface area contributed by atoms with Crippen LogP contribution in [0, 0.1) is 5.92 Å². The van der Waals surface area contributed by atoms with Gasteiger partial charge in [-0.05, 0) is 25.2 Å². The van der Waals surface area contributed by atoms with Gasteiger partial charge in [0.2, 0.25) is 11.8 Å². The predicted octanol–water partition coefficient (Wildman–Crippen LogP) is 2.31. The fourth-order valence-corrected chi connectivity index (χ4v) is 2.52. The molecule has 1 atom stereocenters. The minimum Gasteiger partial charge on any atom is -0.353 e. The molecule has 19 heavy (non-hydrogen) atoms. The summed E-state index contributed by atoms with van der Waals surface area (Å²) >= 11 is 3.46. The summed E-state index contributed by atoms with van der Waals surface area (Å²) in [6.07, 6.45) is 3.19. The first-order chi connectivity index (χ1) is 8.95. The van der Waals surface area contributed by atoms with Gasteiger partial charge >= 0.3 is 0 Å². The number of carbonyl (C=O) groups excluding carboxylic acids is 2. The Kier molecular flexibility index (Phi) is 6.83. The highest BCUT2D eigenvalue weighted by Gasteiger charge is 2.28. The van der Waals surface area contributed by atoms with Crippen LogP contribution in [0.4, 0.5) is 0 Å². The zero-order valence-corrected chi connectivity index (χ0v) is 13.7. The van der Waals surface area contributed by atoms with Gasteiger partial charge in [0.25, 0.3) is 0 Å². The summed E-state index contributed by atoms with van der Waals surface area (Å²) < 4.78 is 0. The molecule has 1 saturated heterocycles. The Morgan fingerprint density at radius 2 is 1.89 bits per heavy atom. The number of hydrogen-bond donors (Lipinski definition) is 1. The van der Waals surface area contributed by atoms with Crippen LogP contribution in [0.5, 0.6) is 0 Å². The van der Waals surface area contributed by atoms with Crippen LogP contribution in [0.15, 0.2) is 0 Å². The molecule has 1 aliphatic rings. The number of rotatable bonds is 5. The van der Waals surface area contributed by atoms with Gasteiger partial charge in [0.1, 0.15) is 0 Å². The molecule has 0 radical (unpaired) electrons. The summed E-state index contributed by atoms with van der Waals surface area (Å²) in [6.45, 7) is 7.56. The standard InChI is InChI=1S/C14H25BrN2O2/c1-4-5-12(18)16-11-6-8-17(9-7-11)14(19)13(15)10(2)3/h10-11,13H,4-9H2,1-3H3,(H,16,18). The van der Waals surface area contributed by atoms with Crippen molar-refractivity contribution in [3.8, 4) is 0 Å². The minimum absolute atomic E-state index is 0.0984. The second-order valence-electron chi connectivity index (χ2n) is 5.56. The molecule has 1 fully saturated rings. The first-order valence-corrected chi connectivity index (χ1v) is 8.09. The molecule has 0 aromatic heterocycles. The lowest BCUT2D eigenvalue weighted by Crippen LogP contribution is -2.48. The molecule has 1 N–H and O–H groups in total. The Hall–Kier alpha value is -0.580. The van der Waals surface area contributed by atoms with Crippen molar-refractivity contribution in [2.75, 3.05) is 13.1 Å². The van der Waals surface area contributed by atoms with E-state index in [1.165, 1.54) is 0 Å². The van der Waals surface area contributed by atoms with Crippen LogP contribution in [0.1, 0.15) is 46.5 Å². The molecule has 1 rings (SSSR count). The summed E-state index contributed by atoms with van der Waals surface area (Å²) in [7, 11) is 0. The van der Waals surface area contributed by atoms with Gasteiger partial charge in [-0.2, -0.15) is 0 Å². The van der Waals surface area contributed by atoms with Gasteiger partial charge in [0.05, 0.1) is 4.83 Å². The maximum atomic E-state index is 12.2. The number of nitrogens with one attached hydrogen (secondary N) is 1. The van der Waals surface area contributed by atoms with Crippen LogP contribution in [0.2, 0.25) is 0 Å². The summed E-state index contributed by atoms with van der Waals surface area (Å²) in [6, 6.07) is 0.232. The van der Waals surface area contributed by atoms with Crippen LogP contribution in [0.25, 0.3) is 0 Å². The number of alkyl halides is 1. The van der Waals surface area contributed by atoms with E-state index in [4.69, 9.17) is 0 Å². The number of halogens is 1. The van der Waals surface area contributed by atoms with Crippen molar-refractivity contribution in [1.82, 2.24) is 10.2 Å². The molecule has 2 amide bonds. The highest BCUT2D eigenvalue weighted by Crippen LogP contribution is 2.19. The van der Waals surface area contributed by atoms with E-state index < -0.39 is 0 Å². The maximum absolute atomic E-state index is 12.2. The second-order valence-corrected chi connectivity index (χ2v) is 6.55. The van der Waals surface area contributed by atoms with E-state index in [9.17, 15) is 9.59 Å². The quantitative estimate of drug-likeness (QED) is 0.785. The Labute approximate surface area is 124 Å². The normalized spacial score (nSPS) is 18.5. The van der Waals surface area contributed by atoms with Crippen LogP contribution in [0.3, 0.4) is 0 Å². The molecule has 5 heteroatoms. The zero-order valence-electron chi connectivity index (χ0n) is 12.1. The molecular formula is C14H25BrN2O2. The Morgan fingerprint density at radius 1 is 1.32 bits per heavy atom. The van der Waals surface area contributed by atoms with Crippen molar-refractivity contribution in [3.05, 3.63) is 0 Å². The van der Waals surface area contributed by atoms with E-state index in [0.717, 1.165) is 32.4 Å². The number of likely N-dealkylation sites (tertiary alicyclic amines) is 1. The molecule has 0 saturated carbocycles. The molecule has 0 bridgehead atoms. The lowest BCUT2D eigenvalue weighted by Gasteiger charge is -2.34. The van der Waals surface area contributed by atoms with Gasteiger partial charge in [-0.15, -0.1) is 0 Å². The van der Waals surface area contributed by atoms with Crippen LogP contribution in [-0.4, -0.2) is 40.7 Å². The van der Waals surface area contributed by atoms with Crippen molar-refractivity contribution < 1.29 is 9.59 Å². The summed E-state index contributed by atoms with van der Waals surface area (Å²) in [5, 5.41) is 3.04. The Morgan fingerprint density at radius 3 is 2.37 bits per heavy atom. The number of nitrogens with zero attached hydrogens (tertiary/aromatic N) is 1. The van der Waals surface area contributed by atoms with Gasteiger partial charge < -0.3 is 10.2 Å². The van der Waals surface area contributed by atoms with Gasteiger partial charge in [0.15, 0.2) is 0 Å². The van der Waals surface area contributed by atoms with E-state index in [-0.39, 0.29) is 22.7 Å². The van der Waals surface area contributed by atoms with Gasteiger partial charge in [-0.25, -0.2) is 0 Å².